The molecule has 0 fully saturated rings. The zero-order valence-electron chi connectivity index (χ0n) is 10.4. The minimum atomic E-state index is 0.399. The van der Waals surface area contributed by atoms with E-state index in [2.05, 4.69) is 36.5 Å². The van der Waals surface area contributed by atoms with Crippen molar-refractivity contribution in [3.63, 3.8) is 0 Å². The highest BCUT2D eigenvalue weighted by molar-refractivity contribution is 5.14. The predicted octanol–water partition coefficient (Wildman–Crippen LogP) is 2.63. The SMILES string of the molecule is CCC(CCNC)OCCc1ccccc1. The molecular formula is C14H23NO. The summed E-state index contributed by atoms with van der Waals surface area (Å²) in [5.74, 6) is 0. The van der Waals surface area contributed by atoms with Crippen molar-refractivity contribution < 1.29 is 4.74 Å². The molecule has 1 aromatic carbocycles. The summed E-state index contributed by atoms with van der Waals surface area (Å²) in [6, 6.07) is 10.5. The third-order valence-corrected chi connectivity index (χ3v) is 2.76. The van der Waals surface area contributed by atoms with E-state index in [-0.39, 0.29) is 0 Å². The highest BCUT2D eigenvalue weighted by atomic mass is 16.5. The van der Waals surface area contributed by atoms with Gasteiger partial charge in [0.15, 0.2) is 0 Å². The van der Waals surface area contributed by atoms with Crippen LogP contribution in [-0.4, -0.2) is 26.3 Å². The fraction of sp³-hybridized carbons (Fsp3) is 0.571. The van der Waals surface area contributed by atoms with Crippen LogP contribution in [-0.2, 0) is 11.2 Å². The predicted molar refractivity (Wildman–Crippen MR) is 68.7 cm³/mol. The van der Waals surface area contributed by atoms with E-state index >= 15 is 0 Å². The highest BCUT2D eigenvalue weighted by Crippen LogP contribution is 2.05. The van der Waals surface area contributed by atoms with Crippen LogP contribution in [0.4, 0.5) is 0 Å². The minimum Gasteiger partial charge on any atom is -0.378 e. The number of benzene rings is 1. The maximum absolute atomic E-state index is 5.86. The molecule has 1 rings (SSSR count). The summed E-state index contributed by atoms with van der Waals surface area (Å²) >= 11 is 0. The third-order valence-electron chi connectivity index (χ3n) is 2.76. The molecule has 0 aliphatic rings. The Hall–Kier alpha value is -0.860. The lowest BCUT2D eigenvalue weighted by atomic mass is 10.1. The quantitative estimate of drug-likeness (QED) is 0.728. The molecule has 0 radical (unpaired) electrons. The van der Waals surface area contributed by atoms with Crippen LogP contribution in [0.3, 0.4) is 0 Å². The molecule has 0 amide bonds. The van der Waals surface area contributed by atoms with Gasteiger partial charge in [0.1, 0.15) is 0 Å². The van der Waals surface area contributed by atoms with E-state index in [9.17, 15) is 0 Å². The molecule has 0 saturated carbocycles. The topological polar surface area (TPSA) is 21.3 Å². The monoisotopic (exact) mass is 221 g/mol. The van der Waals surface area contributed by atoms with Crippen molar-refractivity contribution in [1.29, 1.82) is 0 Å². The van der Waals surface area contributed by atoms with Crippen molar-refractivity contribution in [2.24, 2.45) is 0 Å². The first-order chi connectivity index (χ1) is 7.86. The molecule has 2 heteroatoms. The first-order valence-electron chi connectivity index (χ1n) is 6.17. The molecule has 0 saturated heterocycles. The molecule has 0 aromatic heterocycles. The van der Waals surface area contributed by atoms with E-state index in [1.165, 1.54) is 5.56 Å². The van der Waals surface area contributed by atoms with Gasteiger partial charge in [-0.05, 0) is 38.4 Å². The van der Waals surface area contributed by atoms with Gasteiger partial charge >= 0.3 is 0 Å². The van der Waals surface area contributed by atoms with Crippen molar-refractivity contribution in [3.8, 4) is 0 Å². The Morgan fingerprint density at radius 2 is 2.00 bits per heavy atom. The Morgan fingerprint density at radius 3 is 2.62 bits per heavy atom. The summed E-state index contributed by atoms with van der Waals surface area (Å²) in [5.41, 5.74) is 1.35. The standard InChI is InChI=1S/C14H23NO/c1-3-14(9-11-15-2)16-12-10-13-7-5-4-6-8-13/h4-8,14-15H,3,9-12H2,1-2H3. The number of rotatable bonds is 8. The Morgan fingerprint density at radius 1 is 1.25 bits per heavy atom. The number of ether oxygens (including phenoxy) is 1. The molecule has 16 heavy (non-hydrogen) atoms. The maximum atomic E-state index is 5.86. The molecule has 2 nitrogen and oxygen atoms in total. The van der Waals surface area contributed by atoms with Gasteiger partial charge in [-0.15, -0.1) is 0 Å². The Kier molecular flexibility index (Phi) is 6.86. The smallest absolute Gasteiger partial charge is 0.0584 e. The van der Waals surface area contributed by atoms with Crippen LogP contribution >= 0.6 is 0 Å². The second-order valence-electron chi connectivity index (χ2n) is 4.03. The molecular weight excluding hydrogens is 198 g/mol. The average molecular weight is 221 g/mol. The lowest BCUT2D eigenvalue weighted by Crippen LogP contribution is -2.20. The van der Waals surface area contributed by atoms with E-state index in [4.69, 9.17) is 4.74 Å². The first kappa shape index (κ1) is 13.2. The molecule has 1 N–H and O–H groups in total. The van der Waals surface area contributed by atoms with Crippen LogP contribution in [0.25, 0.3) is 0 Å². The van der Waals surface area contributed by atoms with Gasteiger partial charge in [0, 0.05) is 0 Å². The summed E-state index contributed by atoms with van der Waals surface area (Å²) in [7, 11) is 1.98. The van der Waals surface area contributed by atoms with Crippen LogP contribution in [0.2, 0.25) is 0 Å². The fourth-order valence-corrected chi connectivity index (χ4v) is 1.70. The van der Waals surface area contributed by atoms with Crippen molar-refractivity contribution in [2.45, 2.75) is 32.3 Å². The Bertz CT molecular complexity index is 261. The molecule has 1 atom stereocenters. The van der Waals surface area contributed by atoms with Crippen LogP contribution in [0.1, 0.15) is 25.3 Å². The van der Waals surface area contributed by atoms with E-state index in [1.54, 1.807) is 0 Å². The molecule has 0 bridgehead atoms. The minimum absolute atomic E-state index is 0.399. The summed E-state index contributed by atoms with van der Waals surface area (Å²) in [4.78, 5) is 0. The Balaban J connectivity index is 2.18. The van der Waals surface area contributed by atoms with E-state index < -0.39 is 0 Å². The van der Waals surface area contributed by atoms with Crippen molar-refractivity contribution in [3.05, 3.63) is 35.9 Å². The number of hydrogen-bond donors (Lipinski definition) is 1. The Labute approximate surface area is 99.0 Å². The zero-order chi connectivity index (χ0) is 11.6. The molecule has 0 heterocycles. The van der Waals surface area contributed by atoms with Gasteiger partial charge in [-0.2, -0.15) is 0 Å². The molecule has 90 valence electrons. The fourth-order valence-electron chi connectivity index (χ4n) is 1.70. The van der Waals surface area contributed by atoms with Gasteiger partial charge in [0.2, 0.25) is 0 Å². The molecule has 1 unspecified atom stereocenters. The molecule has 0 aliphatic carbocycles. The molecule has 0 spiro atoms. The van der Waals surface area contributed by atoms with E-state index in [0.717, 1.165) is 32.4 Å². The van der Waals surface area contributed by atoms with Crippen LogP contribution in [0.15, 0.2) is 30.3 Å². The largest absolute Gasteiger partial charge is 0.378 e. The second kappa shape index (κ2) is 8.31. The van der Waals surface area contributed by atoms with Gasteiger partial charge < -0.3 is 10.1 Å². The third kappa shape index (κ3) is 5.29. The lowest BCUT2D eigenvalue weighted by Gasteiger charge is -2.15. The molecule has 1 aromatic rings. The second-order valence-corrected chi connectivity index (χ2v) is 4.03. The molecule has 0 aliphatic heterocycles. The van der Waals surface area contributed by atoms with Gasteiger partial charge in [0.25, 0.3) is 0 Å². The maximum Gasteiger partial charge on any atom is 0.0584 e. The van der Waals surface area contributed by atoms with Gasteiger partial charge in [-0.3, -0.25) is 0 Å². The summed E-state index contributed by atoms with van der Waals surface area (Å²) in [6.45, 7) is 4.04. The highest BCUT2D eigenvalue weighted by Gasteiger charge is 2.05. The van der Waals surface area contributed by atoms with E-state index in [0.29, 0.717) is 6.10 Å². The van der Waals surface area contributed by atoms with Crippen LogP contribution in [0.5, 0.6) is 0 Å². The number of nitrogens with one attached hydrogen (secondary N) is 1. The summed E-state index contributed by atoms with van der Waals surface area (Å²) in [5, 5.41) is 3.16. The number of hydrogen-bond acceptors (Lipinski definition) is 2. The van der Waals surface area contributed by atoms with Gasteiger partial charge in [-0.25, -0.2) is 0 Å². The van der Waals surface area contributed by atoms with Crippen molar-refractivity contribution >= 4 is 0 Å². The van der Waals surface area contributed by atoms with E-state index in [1.807, 2.05) is 13.1 Å². The first-order valence-corrected chi connectivity index (χ1v) is 6.17. The zero-order valence-corrected chi connectivity index (χ0v) is 10.4. The van der Waals surface area contributed by atoms with Crippen molar-refractivity contribution in [2.75, 3.05) is 20.2 Å². The van der Waals surface area contributed by atoms with Gasteiger partial charge in [-0.1, -0.05) is 37.3 Å². The van der Waals surface area contributed by atoms with Crippen LogP contribution < -0.4 is 5.32 Å². The normalized spacial score (nSPS) is 12.6. The lowest BCUT2D eigenvalue weighted by molar-refractivity contribution is 0.0475. The van der Waals surface area contributed by atoms with Gasteiger partial charge in [0.05, 0.1) is 12.7 Å². The van der Waals surface area contributed by atoms with Crippen molar-refractivity contribution in [1.82, 2.24) is 5.32 Å². The van der Waals surface area contributed by atoms with Crippen LogP contribution in [0, 0.1) is 0 Å². The summed E-state index contributed by atoms with van der Waals surface area (Å²) in [6.07, 6.45) is 3.60. The average Bonchev–Trinajstić information content (AvgIpc) is 2.35. The summed E-state index contributed by atoms with van der Waals surface area (Å²) < 4.78 is 5.86.